The van der Waals surface area contributed by atoms with Crippen molar-refractivity contribution in [1.82, 2.24) is 4.57 Å². The third kappa shape index (κ3) is 1.91. The van der Waals surface area contributed by atoms with Crippen molar-refractivity contribution in [3.8, 4) is 0 Å². The van der Waals surface area contributed by atoms with Gasteiger partial charge in [0.05, 0.1) is 5.56 Å². The van der Waals surface area contributed by atoms with Gasteiger partial charge in [-0.2, -0.15) is 0 Å². The van der Waals surface area contributed by atoms with Crippen LogP contribution in [0.5, 0.6) is 0 Å². The van der Waals surface area contributed by atoms with Crippen molar-refractivity contribution in [2.24, 2.45) is 12.8 Å². The molecule has 0 radical (unpaired) electrons. The number of nitrogens with zero attached hydrogens (tertiary/aromatic N) is 1. The van der Waals surface area contributed by atoms with E-state index in [1.807, 2.05) is 30.8 Å². The maximum Gasteiger partial charge on any atom is 0.336 e. The van der Waals surface area contributed by atoms with Gasteiger partial charge in [-0.1, -0.05) is 0 Å². The van der Waals surface area contributed by atoms with E-state index in [0.29, 0.717) is 12.1 Å². The summed E-state index contributed by atoms with van der Waals surface area (Å²) in [6.07, 6.45) is 2.83. The van der Waals surface area contributed by atoms with Gasteiger partial charge in [0.2, 0.25) is 0 Å². The molecule has 0 spiro atoms. The van der Waals surface area contributed by atoms with E-state index in [9.17, 15) is 4.79 Å². The highest BCUT2D eigenvalue weighted by molar-refractivity contribution is 5.96. The van der Waals surface area contributed by atoms with Gasteiger partial charge >= 0.3 is 5.97 Å². The Balaban J connectivity index is 2.71. The fraction of sp³-hybridized carbons (Fsp3) is 0.308. The molecule has 2 aromatic rings. The number of benzene rings is 1. The fourth-order valence-corrected chi connectivity index (χ4v) is 2.20. The van der Waals surface area contributed by atoms with Crippen LogP contribution in [-0.4, -0.2) is 22.2 Å². The lowest BCUT2D eigenvalue weighted by molar-refractivity contribution is 0.0696. The number of rotatable bonds is 3. The van der Waals surface area contributed by atoms with Crippen LogP contribution in [0.4, 0.5) is 0 Å². The molecule has 90 valence electrons. The highest BCUT2D eigenvalue weighted by Gasteiger charge is 2.12. The molecule has 0 saturated carbocycles. The molecule has 0 saturated heterocycles. The molecule has 4 nitrogen and oxygen atoms in total. The van der Waals surface area contributed by atoms with E-state index >= 15 is 0 Å². The normalized spacial score (nSPS) is 11.0. The number of carboxylic acids is 1. The molecular weight excluding hydrogens is 216 g/mol. The van der Waals surface area contributed by atoms with Gasteiger partial charge in [0.1, 0.15) is 0 Å². The minimum absolute atomic E-state index is 0.359. The standard InChI is InChI=1S/C13H16N2O2/c1-8-5-11-9(3-4-14)7-15(2)12(11)6-10(8)13(16)17/h5-7H,3-4,14H2,1-2H3,(H,16,17). The second-order valence-electron chi connectivity index (χ2n) is 4.29. The van der Waals surface area contributed by atoms with Crippen LogP contribution in [0, 0.1) is 6.92 Å². The molecular formula is C13H16N2O2. The van der Waals surface area contributed by atoms with Gasteiger partial charge in [0.15, 0.2) is 0 Å². The minimum Gasteiger partial charge on any atom is -0.478 e. The first-order valence-corrected chi connectivity index (χ1v) is 5.56. The van der Waals surface area contributed by atoms with Crippen LogP contribution in [0.25, 0.3) is 10.9 Å². The molecule has 1 heterocycles. The summed E-state index contributed by atoms with van der Waals surface area (Å²) in [4.78, 5) is 11.1. The quantitative estimate of drug-likeness (QED) is 0.846. The van der Waals surface area contributed by atoms with Crippen LogP contribution in [-0.2, 0) is 13.5 Å². The summed E-state index contributed by atoms with van der Waals surface area (Å²) in [6, 6.07) is 3.66. The Morgan fingerprint density at radius 2 is 2.18 bits per heavy atom. The zero-order valence-electron chi connectivity index (χ0n) is 10.0. The van der Waals surface area contributed by atoms with Crippen LogP contribution in [0.3, 0.4) is 0 Å². The van der Waals surface area contributed by atoms with Crippen molar-refractivity contribution in [1.29, 1.82) is 0 Å². The number of fused-ring (bicyclic) bond motifs is 1. The molecule has 2 rings (SSSR count). The second-order valence-corrected chi connectivity index (χ2v) is 4.29. The van der Waals surface area contributed by atoms with E-state index in [1.165, 1.54) is 5.56 Å². The molecule has 0 bridgehead atoms. The Hall–Kier alpha value is -1.81. The molecule has 4 heteroatoms. The first-order chi connectivity index (χ1) is 8.04. The first-order valence-electron chi connectivity index (χ1n) is 5.56. The number of hydrogen-bond acceptors (Lipinski definition) is 2. The van der Waals surface area contributed by atoms with Crippen molar-refractivity contribution in [2.45, 2.75) is 13.3 Å². The lowest BCUT2D eigenvalue weighted by Crippen LogP contribution is -2.02. The molecule has 0 aliphatic heterocycles. The monoisotopic (exact) mass is 232 g/mol. The summed E-state index contributed by atoms with van der Waals surface area (Å²) in [5.41, 5.74) is 8.83. The van der Waals surface area contributed by atoms with E-state index in [4.69, 9.17) is 10.8 Å². The smallest absolute Gasteiger partial charge is 0.336 e. The molecule has 0 atom stereocenters. The topological polar surface area (TPSA) is 68.2 Å². The van der Waals surface area contributed by atoms with E-state index in [1.54, 1.807) is 6.07 Å². The van der Waals surface area contributed by atoms with E-state index < -0.39 is 5.97 Å². The summed E-state index contributed by atoms with van der Waals surface area (Å²) >= 11 is 0. The van der Waals surface area contributed by atoms with Crippen LogP contribution >= 0.6 is 0 Å². The number of aromatic nitrogens is 1. The lowest BCUT2D eigenvalue weighted by Gasteiger charge is -2.03. The van der Waals surface area contributed by atoms with Gasteiger partial charge in [-0.05, 0) is 43.1 Å². The first kappa shape index (κ1) is 11.7. The Morgan fingerprint density at radius 3 is 2.76 bits per heavy atom. The predicted molar refractivity (Wildman–Crippen MR) is 67.4 cm³/mol. The lowest BCUT2D eigenvalue weighted by atomic mass is 10.0. The van der Waals surface area contributed by atoms with E-state index in [0.717, 1.165) is 22.9 Å². The summed E-state index contributed by atoms with van der Waals surface area (Å²) in [5, 5.41) is 10.2. The van der Waals surface area contributed by atoms with Crippen molar-refractivity contribution in [3.63, 3.8) is 0 Å². The van der Waals surface area contributed by atoms with Crippen molar-refractivity contribution < 1.29 is 9.90 Å². The summed E-state index contributed by atoms with van der Waals surface area (Å²) in [5.74, 6) is -0.883. The molecule has 0 aliphatic carbocycles. The highest BCUT2D eigenvalue weighted by Crippen LogP contribution is 2.25. The summed E-state index contributed by atoms with van der Waals surface area (Å²) in [7, 11) is 1.92. The second kappa shape index (κ2) is 4.22. The Bertz CT molecular complexity index is 585. The summed E-state index contributed by atoms with van der Waals surface area (Å²) in [6.45, 7) is 2.42. The number of hydrogen-bond donors (Lipinski definition) is 2. The van der Waals surface area contributed by atoms with Gasteiger partial charge in [-0.3, -0.25) is 0 Å². The highest BCUT2D eigenvalue weighted by atomic mass is 16.4. The number of carboxylic acid groups (broad SMARTS) is 1. The number of aryl methyl sites for hydroxylation is 2. The van der Waals surface area contributed by atoms with Gasteiger partial charge in [-0.15, -0.1) is 0 Å². The molecule has 17 heavy (non-hydrogen) atoms. The molecule has 0 fully saturated rings. The van der Waals surface area contributed by atoms with Gasteiger partial charge in [0.25, 0.3) is 0 Å². The Labute approximate surface area is 99.7 Å². The average molecular weight is 232 g/mol. The molecule has 1 aromatic heterocycles. The SMILES string of the molecule is Cc1cc2c(CCN)cn(C)c2cc1C(=O)O. The largest absolute Gasteiger partial charge is 0.478 e. The van der Waals surface area contributed by atoms with Crippen molar-refractivity contribution >= 4 is 16.9 Å². The third-order valence-corrected chi connectivity index (χ3v) is 3.06. The Kier molecular flexibility index (Phi) is 2.90. The third-order valence-electron chi connectivity index (χ3n) is 3.06. The Morgan fingerprint density at radius 1 is 1.47 bits per heavy atom. The van der Waals surface area contributed by atoms with Crippen LogP contribution < -0.4 is 5.73 Å². The van der Waals surface area contributed by atoms with Gasteiger partial charge in [-0.25, -0.2) is 4.79 Å². The minimum atomic E-state index is -0.883. The number of nitrogens with two attached hydrogens (primary N) is 1. The van der Waals surface area contributed by atoms with E-state index in [-0.39, 0.29) is 0 Å². The molecule has 0 amide bonds. The maximum absolute atomic E-state index is 11.1. The number of aromatic carboxylic acids is 1. The van der Waals surface area contributed by atoms with Crippen LogP contribution in [0.15, 0.2) is 18.3 Å². The average Bonchev–Trinajstić information content (AvgIpc) is 2.55. The predicted octanol–water partition coefficient (Wildman–Crippen LogP) is 1.69. The maximum atomic E-state index is 11.1. The summed E-state index contributed by atoms with van der Waals surface area (Å²) < 4.78 is 1.95. The van der Waals surface area contributed by atoms with Crippen LogP contribution in [0.2, 0.25) is 0 Å². The van der Waals surface area contributed by atoms with E-state index in [2.05, 4.69) is 0 Å². The zero-order valence-corrected chi connectivity index (χ0v) is 10.0. The van der Waals surface area contributed by atoms with Crippen LogP contribution in [0.1, 0.15) is 21.5 Å². The van der Waals surface area contributed by atoms with Crippen molar-refractivity contribution in [3.05, 3.63) is 35.0 Å². The van der Waals surface area contributed by atoms with Gasteiger partial charge < -0.3 is 15.4 Å². The molecule has 0 unspecified atom stereocenters. The molecule has 1 aromatic carbocycles. The number of carbonyl (C=O) groups is 1. The van der Waals surface area contributed by atoms with Gasteiger partial charge in [0, 0.05) is 24.1 Å². The molecule has 3 N–H and O–H groups in total. The van der Waals surface area contributed by atoms with Crippen molar-refractivity contribution in [2.75, 3.05) is 6.54 Å². The molecule has 0 aliphatic rings. The zero-order chi connectivity index (χ0) is 12.6. The fourth-order valence-electron chi connectivity index (χ4n) is 2.20.